The number of piperazine rings is 1. The van der Waals surface area contributed by atoms with E-state index in [0.717, 1.165) is 82.1 Å². The molecule has 0 amide bonds. The molecule has 0 atom stereocenters. The van der Waals surface area contributed by atoms with Gasteiger partial charge >= 0.3 is 0 Å². The van der Waals surface area contributed by atoms with E-state index in [1.807, 2.05) is 12.1 Å². The third-order valence-electron chi connectivity index (χ3n) is 5.28. The van der Waals surface area contributed by atoms with Crippen molar-refractivity contribution in [3.63, 3.8) is 0 Å². The molecule has 0 unspecified atom stereocenters. The highest BCUT2D eigenvalue weighted by Gasteiger charge is 2.22. The average Bonchev–Trinajstić information content (AvgIpc) is 2.66. The maximum Gasteiger partial charge on any atom is 0.169 e. The molecule has 144 valence electrons. The van der Waals surface area contributed by atoms with Crippen molar-refractivity contribution < 1.29 is 14.5 Å². The molecule has 7 heteroatoms. The van der Waals surface area contributed by atoms with Gasteiger partial charge < -0.3 is 24.8 Å². The second kappa shape index (κ2) is 10.4. The number of benzene rings is 1. The Labute approximate surface area is 167 Å². The molecule has 0 aromatic heterocycles. The van der Waals surface area contributed by atoms with E-state index in [1.165, 1.54) is 12.1 Å². The zero-order chi connectivity index (χ0) is 18.2. The van der Waals surface area contributed by atoms with E-state index in [0.29, 0.717) is 0 Å². The van der Waals surface area contributed by atoms with Gasteiger partial charge in [0, 0.05) is 23.6 Å². The Hall–Kier alpha value is -0.920. The zero-order valence-corrected chi connectivity index (χ0v) is 17.0. The van der Waals surface area contributed by atoms with Crippen LogP contribution in [0.5, 0.6) is 0 Å². The third kappa shape index (κ3) is 6.35. The molecule has 2 fully saturated rings. The Morgan fingerprint density at radius 3 is 2.65 bits per heavy atom. The van der Waals surface area contributed by atoms with Crippen molar-refractivity contribution in [1.29, 1.82) is 0 Å². The van der Waals surface area contributed by atoms with E-state index in [9.17, 15) is 0 Å². The number of hydrogen-bond donors (Lipinski definition) is 3. The smallest absolute Gasteiger partial charge is 0.169 e. The molecule has 26 heavy (non-hydrogen) atoms. The van der Waals surface area contributed by atoms with E-state index in [1.54, 1.807) is 9.80 Å². The Morgan fingerprint density at radius 1 is 1.15 bits per heavy atom. The fourth-order valence-electron chi connectivity index (χ4n) is 3.69. The minimum absolute atomic E-state index is 0.824. The van der Waals surface area contributed by atoms with Crippen LogP contribution in [0.1, 0.15) is 12.0 Å². The van der Waals surface area contributed by atoms with E-state index in [2.05, 4.69) is 22.3 Å². The summed E-state index contributed by atoms with van der Waals surface area (Å²) < 4.78 is 5.40. The molecule has 0 saturated carbocycles. The molecule has 2 aliphatic heterocycles. The molecule has 0 spiro atoms. The molecular formula is C19H31ClN4OS+2. The highest BCUT2D eigenvalue weighted by molar-refractivity contribution is 7.80. The van der Waals surface area contributed by atoms with Gasteiger partial charge in [0.2, 0.25) is 0 Å². The minimum Gasteiger partial charge on any atom is -0.370 e. The maximum atomic E-state index is 6.09. The topological polar surface area (TPSA) is 33.4 Å². The number of thiocarbonyl (C=S) groups is 1. The quantitative estimate of drug-likeness (QED) is 0.434. The lowest BCUT2D eigenvalue weighted by Crippen LogP contribution is -3.14. The summed E-state index contributed by atoms with van der Waals surface area (Å²) in [4.78, 5) is 5.57. The van der Waals surface area contributed by atoms with Crippen LogP contribution in [0.4, 0.5) is 0 Å². The third-order valence-corrected chi connectivity index (χ3v) is 5.92. The summed E-state index contributed by atoms with van der Waals surface area (Å²) in [5.41, 5.74) is 1.31. The molecule has 1 aromatic rings. The molecule has 2 aliphatic rings. The first-order valence-corrected chi connectivity index (χ1v) is 10.5. The summed E-state index contributed by atoms with van der Waals surface area (Å²) in [6.45, 7) is 11.6. The lowest BCUT2D eigenvalue weighted by molar-refractivity contribution is -0.917. The molecule has 2 saturated heterocycles. The maximum absolute atomic E-state index is 6.09. The van der Waals surface area contributed by atoms with Crippen molar-refractivity contribution in [2.24, 2.45) is 0 Å². The monoisotopic (exact) mass is 398 g/mol. The molecule has 1 aromatic carbocycles. The number of halogens is 1. The van der Waals surface area contributed by atoms with Crippen LogP contribution < -0.4 is 15.1 Å². The Morgan fingerprint density at radius 2 is 1.92 bits per heavy atom. The van der Waals surface area contributed by atoms with Gasteiger partial charge in [-0.2, -0.15) is 0 Å². The van der Waals surface area contributed by atoms with E-state index >= 15 is 0 Å². The van der Waals surface area contributed by atoms with Gasteiger partial charge in [0.25, 0.3) is 0 Å². The predicted molar refractivity (Wildman–Crippen MR) is 109 cm³/mol. The summed E-state index contributed by atoms with van der Waals surface area (Å²) in [6, 6.07) is 8.20. The van der Waals surface area contributed by atoms with Crippen LogP contribution in [0.3, 0.4) is 0 Å². The van der Waals surface area contributed by atoms with Gasteiger partial charge in [-0.3, -0.25) is 0 Å². The molecule has 5 nitrogen and oxygen atoms in total. The van der Waals surface area contributed by atoms with Crippen molar-refractivity contribution >= 4 is 28.9 Å². The van der Waals surface area contributed by atoms with Gasteiger partial charge in [0.15, 0.2) is 5.11 Å². The van der Waals surface area contributed by atoms with Crippen molar-refractivity contribution in [3.05, 3.63) is 34.9 Å². The molecule has 3 rings (SSSR count). The van der Waals surface area contributed by atoms with Crippen molar-refractivity contribution in [2.45, 2.75) is 13.0 Å². The second-order valence-electron chi connectivity index (χ2n) is 7.24. The highest BCUT2D eigenvalue weighted by Crippen LogP contribution is 2.09. The second-order valence-corrected chi connectivity index (χ2v) is 8.06. The van der Waals surface area contributed by atoms with Crippen LogP contribution in [0.2, 0.25) is 5.02 Å². The fraction of sp³-hybridized carbons (Fsp3) is 0.632. The summed E-state index contributed by atoms with van der Waals surface area (Å²) in [5.74, 6) is 0. The highest BCUT2D eigenvalue weighted by atomic mass is 35.5. The van der Waals surface area contributed by atoms with Gasteiger partial charge in [0.05, 0.1) is 45.9 Å². The van der Waals surface area contributed by atoms with Crippen LogP contribution in [0.15, 0.2) is 24.3 Å². The van der Waals surface area contributed by atoms with Gasteiger partial charge in [-0.05, 0) is 24.4 Å². The molecule has 0 radical (unpaired) electrons. The van der Waals surface area contributed by atoms with Crippen molar-refractivity contribution in [3.8, 4) is 0 Å². The first-order valence-electron chi connectivity index (χ1n) is 9.73. The number of hydrogen-bond acceptors (Lipinski definition) is 2. The molecule has 2 heterocycles. The van der Waals surface area contributed by atoms with E-state index < -0.39 is 0 Å². The fourth-order valence-corrected chi connectivity index (χ4v) is 4.19. The van der Waals surface area contributed by atoms with E-state index in [4.69, 9.17) is 28.6 Å². The molecule has 0 bridgehead atoms. The Bertz CT molecular complexity index is 574. The van der Waals surface area contributed by atoms with Crippen LogP contribution in [0, 0.1) is 0 Å². The van der Waals surface area contributed by atoms with E-state index in [-0.39, 0.29) is 0 Å². The SMILES string of the molecule is S=C(NCCC[NH+]1CCOCC1)N1CC[NH+](Cc2cccc(Cl)c2)CC1. The van der Waals surface area contributed by atoms with Gasteiger partial charge in [-0.15, -0.1) is 0 Å². The van der Waals surface area contributed by atoms with Crippen molar-refractivity contribution in [2.75, 3.05) is 65.6 Å². The van der Waals surface area contributed by atoms with Crippen LogP contribution in [-0.4, -0.2) is 75.6 Å². The zero-order valence-electron chi connectivity index (χ0n) is 15.4. The summed E-state index contributed by atoms with van der Waals surface area (Å²) in [7, 11) is 0. The van der Waals surface area contributed by atoms with Gasteiger partial charge in [-0.25, -0.2) is 0 Å². The number of nitrogens with zero attached hydrogens (tertiary/aromatic N) is 1. The number of ether oxygens (including phenoxy) is 1. The number of quaternary nitrogens is 2. The minimum atomic E-state index is 0.824. The Kier molecular flexibility index (Phi) is 7.95. The average molecular weight is 399 g/mol. The molecule has 0 aliphatic carbocycles. The first kappa shape index (κ1) is 19.8. The first-order chi connectivity index (χ1) is 12.7. The van der Waals surface area contributed by atoms with Gasteiger partial charge in [0.1, 0.15) is 19.6 Å². The van der Waals surface area contributed by atoms with Crippen LogP contribution >= 0.6 is 23.8 Å². The lowest BCUT2D eigenvalue weighted by Gasteiger charge is -2.34. The number of nitrogens with one attached hydrogen (secondary N) is 3. The number of morpholine rings is 1. The summed E-state index contributed by atoms with van der Waals surface area (Å²) in [6.07, 6.45) is 1.16. The molecular weight excluding hydrogens is 368 g/mol. The van der Waals surface area contributed by atoms with Crippen LogP contribution in [-0.2, 0) is 11.3 Å². The summed E-state index contributed by atoms with van der Waals surface area (Å²) >= 11 is 11.7. The lowest BCUT2D eigenvalue weighted by atomic mass is 10.2. The molecule has 3 N–H and O–H groups in total. The summed E-state index contributed by atoms with van der Waals surface area (Å²) in [5, 5.41) is 5.19. The predicted octanol–water partition coefficient (Wildman–Crippen LogP) is -0.780. The van der Waals surface area contributed by atoms with Crippen molar-refractivity contribution in [1.82, 2.24) is 10.2 Å². The largest absolute Gasteiger partial charge is 0.370 e. The number of rotatable bonds is 6. The standard InChI is InChI=1S/C19H29ClN4OS/c20-18-4-1-3-17(15-18)16-23-7-9-24(10-8-23)19(26)21-5-2-6-22-11-13-25-14-12-22/h1,3-4,15H,2,5-14,16H2,(H,21,26)/p+2. The Balaban J connectivity index is 1.30. The normalized spacial score (nSPS) is 19.5. The van der Waals surface area contributed by atoms with Crippen LogP contribution in [0.25, 0.3) is 0 Å². The van der Waals surface area contributed by atoms with Gasteiger partial charge in [-0.1, -0.05) is 23.7 Å².